The number of aromatic nitrogens is 1. The fraction of sp³-hybridized carbons (Fsp3) is 0.308. The lowest BCUT2D eigenvalue weighted by molar-refractivity contribution is 0.630. The lowest BCUT2D eigenvalue weighted by atomic mass is 10.1. The largest absolute Gasteiger partial charge is 0.322 e. The van der Waals surface area contributed by atoms with Crippen molar-refractivity contribution < 1.29 is 4.39 Å². The minimum absolute atomic E-state index is 0.0563. The molecule has 2 nitrogen and oxygen atoms in total. The highest BCUT2D eigenvalue weighted by Gasteiger charge is 2.15. The van der Waals surface area contributed by atoms with E-state index in [0.717, 1.165) is 16.3 Å². The van der Waals surface area contributed by atoms with Crippen LogP contribution in [-0.4, -0.2) is 4.98 Å². The van der Waals surface area contributed by atoms with E-state index in [1.54, 1.807) is 23.5 Å². The summed E-state index contributed by atoms with van der Waals surface area (Å²) in [7, 11) is 0. The average molecular weight is 250 g/mol. The molecule has 0 aliphatic heterocycles. The SMILES string of the molecule is CCC(N)c1nc(-c2ccccc2F)c(C)s1. The van der Waals surface area contributed by atoms with Crippen LogP contribution >= 0.6 is 11.3 Å². The van der Waals surface area contributed by atoms with Gasteiger partial charge in [0.25, 0.3) is 0 Å². The van der Waals surface area contributed by atoms with Gasteiger partial charge in [-0.1, -0.05) is 19.1 Å². The molecule has 0 aliphatic rings. The smallest absolute Gasteiger partial charge is 0.132 e. The Kier molecular flexibility index (Phi) is 3.54. The van der Waals surface area contributed by atoms with Crippen molar-refractivity contribution in [1.82, 2.24) is 4.98 Å². The van der Waals surface area contributed by atoms with Gasteiger partial charge in [-0.3, -0.25) is 0 Å². The first-order valence-electron chi connectivity index (χ1n) is 5.61. The van der Waals surface area contributed by atoms with Gasteiger partial charge in [-0.05, 0) is 25.5 Å². The molecule has 1 unspecified atom stereocenters. The van der Waals surface area contributed by atoms with E-state index in [1.807, 2.05) is 19.9 Å². The number of nitrogens with two attached hydrogens (primary N) is 1. The van der Waals surface area contributed by atoms with E-state index in [2.05, 4.69) is 4.98 Å². The molecule has 0 saturated heterocycles. The molecule has 1 atom stereocenters. The Hall–Kier alpha value is -1.26. The minimum Gasteiger partial charge on any atom is -0.322 e. The Morgan fingerprint density at radius 3 is 2.76 bits per heavy atom. The normalized spacial score (nSPS) is 12.7. The van der Waals surface area contributed by atoms with Gasteiger partial charge in [0, 0.05) is 10.4 Å². The lowest BCUT2D eigenvalue weighted by Crippen LogP contribution is -2.07. The third kappa shape index (κ3) is 2.37. The number of rotatable bonds is 3. The summed E-state index contributed by atoms with van der Waals surface area (Å²) in [4.78, 5) is 5.47. The van der Waals surface area contributed by atoms with Gasteiger partial charge in [-0.15, -0.1) is 11.3 Å². The zero-order valence-corrected chi connectivity index (χ0v) is 10.7. The van der Waals surface area contributed by atoms with Crippen molar-refractivity contribution in [2.24, 2.45) is 5.73 Å². The molecule has 1 aromatic heterocycles. The van der Waals surface area contributed by atoms with Gasteiger partial charge in [0.05, 0.1) is 11.7 Å². The van der Waals surface area contributed by atoms with Gasteiger partial charge in [0.2, 0.25) is 0 Å². The molecule has 1 aromatic carbocycles. The second kappa shape index (κ2) is 4.94. The zero-order valence-electron chi connectivity index (χ0n) is 9.90. The summed E-state index contributed by atoms with van der Waals surface area (Å²) in [6, 6.07) is 6.64. The third-order valence-electron chi connectivity index (χ3n) is 2.70. The summed E-state index contributed by atoms with van der Waals surface area (Å²) < 4.78 is 13.7. The Bertz CT molecular complexity index is 522. The molecule has 0 spiro atoms. The molecule has 0 saturated carbocycles. The fourth-order valence-electron chi connectivity index (χ4n) is 1.65. The number of hydrogen-bond donors (Lipinski definition) is 1. The average Bonchev–Trinajstić information content (AvgIpc) is 2.71. The second-order valence-corrected chi connectivity index (χ2v) is 5.19. The van der Waals surface area contributed by atoms with Gasteiger partial charge in [-0.2, -0.15) is 0 Å². The first-order chi connectivity index (χ1) is 8.13. The Morgan fingerprint density at radius 2 is 2.12 bits per heavy atom. The quantitative estimate of drug-likeness (QED) is 0.902. The monoisotopic (exact) mass is 250 g/mol. The van der Waals surface area contributed by atoms with Gasteiger partial charge >= 0.3 is 0 Å². The van der Waals surface area contributed by atoms with Crippen LogP contribution in [0.25, 0.3) is 11.3 Å². The molecule has 0 aliphatic carbocycles. The molecule has 0 amide bonds. The van der Waals surface area contributed by atoms with E-state index in [0.29, 0.717) is 11.3 Å². The lowest BCUT2D eigenvalue weighted by Gasteiger charge is -2.03. The fourth-order valence-corrected chi connectivity index (χ4v) is 2.67. The summed E-state index contributed by atoms with van der Waals surface area (Å²) in [5.41, 5.74) is 7.21. The van der Waals surface area contributed by atoms with E-state index < -0.39 is 0 Å². The highest BCUT2D eigenvalue weighted by Crippen LogP contribution is 2.31. The maximum Gasteiger partial charge on any atom is 0.132 e. The van der Waals surface area contributed by atoms with Crippen molar-refractivity contribution in [2.45, 2.75) is 26.3 Å². The number of nitrogens with zero attached hydrogens (tertiary/aromatic N) is 1. The Balaban J connectivity index is 2.47. The summed E-state index contributed by atoms with van der Waals surface area (Å²) >= 11 is 1.55. The molecule has 90 valence electrons. The van der Waals surface area contributed by atoms with Gasteiger partial charge in [0.15, 0.2) is 0 Å². The number of thiazole rings is 1. The van der Waals surface area contributed by atoms with Crippen LogP contribution in [0.15, 0.2) is 24.3 Å². The van der Waals surface area contributed by atoms with E-state index in [9.17, 15) is 4.39 Å². The maximum absolute atomic E-state index is 13.7. The van der Waals surface area contributed by atoms with E-state index >= 15 is 0 Å². The molecule has 17 heavy (non-hydrogen) atoms. The highest BCUT2D eigenvalue weighted by molar-refractivity contribution is 7.12. The molecule has 4 heteroatoms. The van der Waals surface area contributed by atoms with Gasteiger partial charge in [-0.25, -0.2) is 9.37 Å². The first-order valence-corrected chi connectivity index (χ1v) is 6.43. The molecule has 0 radical (unpaired) electrons. The predicted octanol–water partition coefficient (Wildman–Crippen LogP) is 3.67. The summed E-state index contributed by atoms with van der Waals surface area (Å²) in [6.07, 6.45) is 0.837. The van der Waals surface area contributed by atoms with E-state index in [-0.39, 0.29) is 11.9 Å². The summed E-state index contributed by atoms with van der Waals surface area (Å²) in [5.74, 6) is -0.238. The number of aryl methyl sites for hydroxylation is 1. The molecule has 2 rings (SSSR count). The van der Waals surface area contributed by atoms with Crippen LogP contribution in [0.3, 0.4) is 0 Å². The Morgan fingerprint density at radius 1 is 1.41 bits per heavy atom. The predicted molar refractivity (Wildman–Crippen MR) is 69.5 cm³/mol. The van der Waals surface area contributed by atoms with Crippen LogP contribution < -0.4 is 5.73 Å². The van der Waals surface area contributed by atoms with Gasteiger partial charge in [0.1, 0.15) is 10.8 Å². The third-order valence-corrected chi connectivity index (χ3v) is 3.80. The second-order valence-electron chi connectivity index (χ2n) is 3.95. The standard InChI is InChI=1S/C13H15FN2S/c1-3-11(15)13-16-12(8(2)17-13)9-6-4-5-7-10(9)14/h4-7,11H,3,15H2,1-2H3. The van der Waals surface area contributed by atoms with Crippen molar-refractivity contribution in [2.75, 3.05) is 0 Å². The number of halogens is 1. The van der Waals surface area contributed by atoms with Crippen LogP contribution in [0, 0.1) is 12.7 Å². The summed E-state index contributed by atoms with van der Waals surface area (Å²) in [6.45, 7) is 3.97. The van der Waals surface area contributed by atoms with Crippen molar-refractivity contribution in [3.05, 3.63) is 40.0 Å². The first kappa shape index (κ1) is 12.2. The van der Waals surface area contributed by atoms with Crippen molar-refractivity contribution in [3.63, 3.8) is 0 Å². The topological polar surface area (TPSA) is 38.9 Å². The molecular formula is C13H15FN2S. The number of benzene rings is 1. The Labute approximate surface area is 104 Å². The highest BCUT2D eigenvalue weighted by atomic mass is 32.1. The molecule has 0 bridgehead atoms. The van der Waals surface area contributed by atoms with Crippen molar-refractivity contribution in [3.8, 4) is 11.3 Å². The molecule has 2 aromatic rings. The number of hydrogen-bond acceptors (Lipinski definition) is 3. The van der Waals surface area contributed by atoms with Crippen molar-refractivity contribution >= 4 is 11.3 Å². The summed E-state index contributed by atoms with van der Waals surface area (Å²) in [5, 5.41) is 0.878. The van der Waals surface area contributed by atoms with Crippen LogP contribution in [0.1, 0.15) is 29.3 Å². The molecular weight excluding hydrogens is 235 g/mol. The van der Waals surface area contributed by atoms with E-state index in [4.69, 9.17) is 5.73 Å². The zero-order chi connectivity index (χ0) is 12.4. The molecule has 0 fully saturated rings. The van der Waals surface area contributed by atoms with Crippen LogP contribution in [0.4, 0.5) is 4.39 Å². The van der Waals surface area contributed by atoms with Crippen LogP contribution in [0.2, 0.25) is 0 Å². The minimum atomic E-state index is -0.238. The van der Waals surface area contributed by atoms with Crippen LogP contribution in [-0.2, 0) is 0 Å². The van der Waals surface area contributed by atoms with Crippen molar-refractivity contribution in [1.29, 1.82) is 0 Å². The molecule has 2 N–H and O–H groups in total. The van der Waals surface area contributed by atoms with Crippen LogP contribution in [0.5, 0.6) is 0 Å². The van der Waals surface area contributed by atoms with E-state index in [1.165, 1.54) is 6.07 Å². The van der Waals surface area contributed by atoms with Gasteiger partial charge < -0.3 is 5.73 Å². The molecule has 1 heterocycles. The maximum atomic E-state index is 13.7.